The van der Waals surface area contributed by atoms with Crippen LogP contribution in [0.25, 0.3) is 0 Å². The molecule has 98 valence electrons. The van der Waals surface area contributed by atoms with Crippen molar-refractivity contribution in [2.24, 2.45) is 0 Å². The summed E-state index contributed by atoms with van der Waals surface area (Å²) in [6.45, 7) is 5.69. The summed E-state index contributed by atoms with van der Waals surface area (Å²) in [5.74, 6) is 1.19. The Labute approximate surface area is 117 Å². The molecule has 0 amide bonds. The van der Waals surface area contributed by atoms with Gasteiger partial charge in [-0.3, -0.25) is 4.90 Å². The number of rotatable bonds is 3. The van der Waals surface area contributed by atoms with Crippen molar-refractivity contribution in [1.82, 2.24) is 9.88 Å². The maximum absolute atomic E-state index is 4.85. The molecule has 1 aliphatic carbocycles. The number of anilines is 1. The van der Waals surface area contributed by atoms with E-state index in [-0.39, 0.29) is 0 Å². The van der Waals surface area contributed by atoms with Gasteiger partial charge >= 0.3 is 0 Å². The van der Waals surface area contributed by atoms with E-state index in [1.807, 2.05) is 0 Å². The maximum Gasteiger partial charge on any atom is 0.128 e. The molecule has 2 heterocycles. The van der Waals surface area contributed by atoms with Crippen molar-refractivity contribution in [1.29, 1.82) is 0 Å². The second kappa shape index (κ2) is 5.57. The predicted molar refractivity (Wildman–Crippen MR) is 78.7 cm³/mol. The fourth-order valence-corrected chi connectivity index (χ4v) is 3.41. The number of fused-ring (bicyclic) bond motifs is 1. The Morgan fingerprint density at radius 1 is 1.11 bits per heavy atom. The summed E-state index contributed by atoms with van der Waals surface area (Å²) >= 11 is 3.51. The lowest BCUT2D eigenvalue weighted by atomic mass is 10.2. The average Bonchev–Trinajstić information content (AvgIpc) is 2.87. The van der Waals surface area contributed by atoms with E-state index in [0.717, 1.165) is 38.1 Å². The van der Waals surface area contributed by atoms with Gasteiger partial charge in [-0.05, 0) is 30.9 Å². The van der Waals surface area contributed by atoms with Crippen molar-refractivity contribution in [3.8, 4) is 0 Å². The number of halogens is 1. The van der Waals surface area contributed by atoms with Gasteiger partial charge in [-0.25, -0.2) is 4.98 Å². The molecule has 4 heteroatoms. The predicted octanol–water partition coefficient (Wildman–Crippen LogP) is 2.09. The molecule has 3 nitrogen and oxygen atoms in total. The molecule has 1 saturated heterocycles. The van der Waals surface area contributed by atoms with Crippen molar-refractivity contribution < 1.29 is 0 Å². The van der Waals surface area contributed by atoms with Gasteiger partial charge in [0.15, 0.2) is 0 Å². The number of hydrogen-bond acceptors (Lipinski definition) is 3. The molecule has 1 fully saturated rings. The largest absolute Gasteiger partial charge is 0.354 e. The Balaban J connectivity index is 1.66. The molecule has 1 aliphatic heterocycles. The van der Waals surface area contributed by atoms with Crippen LogP contribution in [0.2, 0.25) is 0 Å². The van der Waals surface area contributed by atoms with E-state index in [2.05, 4.69) is 37.9 Å². The Bertz CT molecular complexity index is 414. The molecule has 1 aromatic rings. The summed E-state index contributed by atoms with van der Waals surface area (Å²) in [5, 5.41) is 1.07. The van der Waals surface area contributed by atoms with Gasteiger partial charge in [0.1, 0.15) is 5.82 Å². The van der Waals surface area contributed by atoms with E-state index in [0.29, 0.717) is 0 Å². The highest BCUT2D eigenvalue weighted by molar-refractivity contribution is 9.09. The number of aryl methyl sites for hydroxylation is 2. The normalized spacial score (nSPS) is 20.2. The molecule has 0 aromatic carbocycles. The van der Waals surface area contributed by atoms with Gasteiger partial charge in [0, 0.05) is 43.7 Å². The van der Waals surface area contributed by atoms with Gasteiger partial charge in [0.25, 0.3) is 0 Å². The number of hydrogen-bond donors (Lipinski definition) is 0. The first-order valence-corrected chi connectivity index (χ1v) is 8.01. The van der Waals surface area contributed by atoms with Crippen LogP contribution in [0.3, 0.4) is 0 Å². The summed E-state index contributed by atoms with van der Waals surface area (Å²) in [6, 6.07) is 4.50. The highest BCUT2D eigenvalue weighted by Gasteiger charge is 2.19. The fraction of sp³-hybridized carbons (Fsp3) is 0.643. The van der Waals surface area contributed by atoms with E-state index in [1.54, 1.807) is 0 Å². The van der Waals surface area contributed by atoms with Crippen LogP contribution in [0.15, 0.2) is 12.1 Å². The Kier molecular flexibility index (Phi) is 3.85. The quantitative estimate of drug-likeness (QED) is 0.797. The standard InChI is InChI=1S/C14H20BrN3/c15-6-7-17-8-10-18(11-9-17)14-5-4-12-2-1-3-13(12)16-14/h4-5H,1-3,6-11H2. The summed E-state index contributed by atoms with van der Waals surface area (Å²) in [4.78, 5) is 9.79. The van der Waals surface area contributed by atoms with Gasteiger partial charge < -0.3 is 4.90 Å². The number of nitrogens with zero attached hydrogens (tertiary/aromatic N) is 3. The van der Waals surface area contributed by atoms with E-state index in [1.165, 1.54) is 36.3 Å². The maximum atomic E-state index is 4.85. The zero-order chi connectivity index (χ0) is 12.4. The third kappa shape index (κ3) is 2.54. The van der Waals surface area contributed by atoms with Gasteiger partial charge in [0.05, 0.1) is 0 Å². The molecule has 18 heavy (non-hydrogen) atoms. The van der Waals surface area contributed by atoms with E-state index >= 15 is 0 Å². The topological polar surface area (TPSA) is 19.4 Å². The van der Waals surface area contributed by atoms with Gasteiger partial charge in [-0.2, -0.15) is 0 Å². The molecule has 0 bridgehead atoms. The van der Waals surface area contributed by atoms with Crippen LogP contribution in [0.4, 0.5) is 5.82 Å². The first-order chi connectivity index (χ1) is 8.86. The third-order valence-corrected chi connectivity index (χ3v) is 4.37. The third-order valence-electron chi connectivity index (χ3n) is 4.01. The van der Waals surface area contributed by atoms with Crippen LogP contribution in [-0.2, 0) is 12.8 Å². The molecule has 2 aliphatic rings. The van der Waals surface area contributed by atoms with Crippen molar-refractivity contribution in [3.63, 3.8) is 0 Å². The van der Waals surface area contributed by atoms with Crippen molar-refractivity contribution >= 4 is 21.7 Å². The zero-order valence-corrected chi connectivity index (χ0v) is 12.3. The molecule has 0 spiro atoms. The molecular weight excluding hydrogens is 290 g/mol. The Hall–Kier alpha value is -0.610. The minimum Gasteiger partial charge on any atom is -0.354 e. The Morgan fingerprint density at radius 3 is 2.72 bits per heavy atom. The fourth-order valence-electron chi connectivity index (χ4n) is 2.91. The number of piperazine rings is 1. The van der Waals surface area contributed by atoms with E-state index in [9.17, 15) is 0 Å². The molecule has 0 saturated carbocycles. The molecule has 0 N–H and O–H groups in total. The first kappa shape index (κ1) is 12.4. The van der Waals surface area contributed by atoms with Crippen LogP contribution in [0, 0.1) is 0 Å². The van der Waals surface area contributed by atoms with Crippen LogP contribution in [-0.4, -0.2) is 47.9 Å². The minimum absolute atomic E-state index is 1.07. The lowest BCUT2D eigenvalue weighted by Gasteiger charge is -2.35. The van der Waals surface area contributed by atoms with Crippen LogP contribution < -0.4 is 4.90 Å². The molecule has 1 aromatic heterocycles. The highest BCUT2D eigenvalue weighted by atomic mass is 79.9. The minimum atomic E-state index is 1.07. The number of pyridine rings is 1. The second-order valence-electron chi connectivity index (χ2n) is 5.15. The smallest absolute Gasteiger partial charge is 0.128 e. The molecular formula is C14H20BrN3. The molecule has 0 radical (unpaired) electrons. The van der Waals surface area contributed by atoms with Crippen LogP contribution in [0.5, 0.6) is 0 Å². The lowest BCUT2D eigenvalue weighted by Crippen LogP contribution is -2.47. The van der Waals surface area contributed by atoms with Gasteiger partial charge in [-0.1, -0.05) is 22.0 Å². The van der Waals surface area contributed by atoms with Crippen molar-refractivity contribution in [3.05, 3.63) is 23.4 Å². The lowest BCUT2D eigenvalue weighted by molar-refractivity contribution is 0.273. The van der Waals surface area contributed by atoms with Gasteiger partial charge in [0.2, 0.25) is 0 Å². The Morgan fingerprint density at radius 2 is 1.94 bits per heavy atom. The number of alkyl halides is 1. The summed E-state index contributed by atoms with van der Waals surface area (Å²) < 4.78 is 0. The average molecular weight is 310 g/mol. The summed E-state index contributed by atoms with van der Waals surface area (Å²) in [7, 11) is 0. The summed E-state index contributed by atoms with van der Waals surface area (Å²) in [6.07, 6.45) is 3.68. The van der Waals surface area contributed by atoms with Crippen LogP contribution in [0.1, 0.15) is 17.7 Å². The zero-order valence-electron chi connectivity index (χ0n) is 10.7. The van der Waals surface area contributed by atoms with Crippen molar-refractivity contribution in [2.75, 3.05) is 43.0 Å². The van der Waals surface area contributed by atoms with Crippen LogP contribution >= 0.6 is 15.9 Å². The van der Waals surface area contributed by atoms with Gasteiger partial charge in [-0.15, -0.1) is 0 Å². The van der Waals surface area contributed by atoms with E-state index in [4.69, 9.17) is 4.98 Å². The highest BCUT2D eigenvalue weighted by Crippen LogP contribution is 2.23. The summed E-state index contributed by atoms with van der Waals surface area (Å²) in [5.41, 5.74) is 2.81. The number of aromatic nitrogens is 1. The molecule has 3 rings (SSSR count). The molecule has 0 atom stereocenters. The second-order valence-corrected chi connectivity index (χ2v) is 5.94. The molecule has 0 unspecified atom stereocenters. The SMILES string of the molecule is BrCCN1CCN(c2ccc3c(n2)CCC3)CC1. The first-order valence-electron chi connectivity index (χ1n) is 6.89. The van der Waals surface area contributed by atoms with E-state index < -0.39 is 0 Å². The van der Waals surface area contributed by atoms with Crippen molar-refractivity contribution in [2.45, 2.75) is 19.3 Å². The monoisotopic (exact) mass is 309 g/mol.